The van der Waals surface area contributed by atoms with Crippen molar-refractivity contribution in [3.8, 4) is 0 Å². The molecule has 2 atom stereocenters. The lowest BCUT2D eigenvalue weighted by Gasteiger charge is -2.28. The number of alkyl halides is 1. The van der Waals surface area contributed by atoms with Crippen LogP contribution in [0.4, 0.5) is 4.39 Å². The van der Waals surface area contributed by atoms with Gasteiger partial charge in [0.25, 0.3) is 11.8 Å². The van der Waals surface area contributed by atoms with Crippen LogP contribution in [-0.4, -0.2) is 29.4 Å². The van der Waals surface area contributed by atoms with E-state index in [-0.39, 0.29) is 24.3 Å². The molecule has 0 bridgehead atoms. The number of benzene rings is 1. The highest BCUT2D eigenvalue weighted by Crippen LogP contribution is 2.30. The molecule has 2 aliphatic rings. The Labute approximate surface area is 111 Å². The SMILES string of the molecule is O=C1c2ccccc2C(=O)N1CC1CCCCC1F. The van der Waals surface area contributed by atoms with Crippen LogP contribution in [0, 0.1) is 5.92 Å². The first kappa shape index (κ1) is 12.3. The molecule has 0 spiro atoms. The van der Waals surface area contributed by atoms with E-state index in [9.17, 15) is 14.0 Å². The molecule has 0 aromatic heterocycles. The summed E-state index contributed by atoms with van der Waals surface area (Å²) in [5.41, 5.74) is 0.887. The summed E-state index contributed by atoms with van der Waals surface area (Å²) in [6.45, 7) is 0.216. The van der Waals surface area contributed by atoms with Crippen LogP contribution in [-0.2, 0) is 0 Å². The molecule has 1 aromatic rings. The van der Waals surface area contributed by atoms with Crippen molar-refractivity contribution in [1.29, 1.82) is 0 Å². The normalized spacial score (nSPS) is 26.7. The van der Waals surface area contributed by atoms with E-state index in [1.807, 2.05) is 0 Å². The van der Waals surface area contributed by atoms with Gasteiger partial charge >= 0.3 is 0 Å². The Kier molecular flexibility index (Phi) is 3.09. The van der Waals surface area contributed by atoms with Gasteiger partial charge in [0.15, 0.2) is 0 Å². The second-order valence-corrected chi connectivity index (χ2v) is 5.33. The number of imide groups is 1. The van der Waals surface area contributed by atoms with Gasteiger partial charge in [-0.05, 0) is 25.0 Å². The van der Waals surface area contributed by atoms with Crippen molar-refractivity contribution in [3.05, 3.63) is 35.4 Å². The second kappa shape index (κ2) is 4.76. The largest absolute Gasteiger partial charge is 0.274 e. The molecule has 1 aliphatic heterocycles. The minimum atomic E-state index is -0.891. The van der Waals surface area contributed by atoms with Crippen molar-refractivity contribution in [2.75, 3.05) is 6.54 Å². The number of fused-ring (bicyclic) bond motifs is 1. The third kappa shape index (κ3) is 2.05. The molecule has 19 heavy (non-hydrogen) atoms. The zero-order chi connectivity index (χ0) is 13.4. The summed E-state index contributed by atoms with van der Waals surface area (Å²) >= 11 is 0. The molecule has 3 nitrogen and oxygen atoms in total. The van der Waals surface area contributed by atoms with Crippen LogP contribution < -0.4 is 0 Å². The van der Waals surface area contributed by atoms with Gasteiger partial charge in [0.2, 0.25) is 0 Å². The maximum Gasteiger partial charge on any atom is 0.261 e. The number of halogens is 1. The smallest absolute Gasteiger partial charge is 0.261 e. The van der Waals surface area contributed by atoms with Gasteiger partial charge in [-0.2, -0.15) is 0 Å². The first-order valence-corrected chi connectivity index (χ1v) is 6.78. The van der Waals surface area contributed by atoms with E-state index in [0.29, 0.717) is 17.5 Å². The van der Waals surface area contributed by atoms with E-state index >= 15 is 0 Å². The van der Waals surface area contributed by atoms with E-state index in [1.54, 1.807) is 24.3 Å². The Hall–Kier alpha value is -1.71. The molecule has 1 aliphatic carbocycles. The molecule has 1 saturated carbocycles. The van der Waals surface area contributed by atoms with Crippen LogP contribution >= 0.6 is 0 Å². The van der Waals surface area contributed by atoms with Crippen molar-refractivity contribution < 1.29 is 14.0 Å². The number of hydrogen-bond acceptors (Lipinski definition) is 2. The Bertz CT molecular complexity index is 494. The van der Waals surface area contributed by atoms with Gasteiger partial charge in [0.05, 0.1) is 11.1 Å². The lowest BCUT2D eigenvalue weighted by Crippen LogP contribution is -2.38. The molecular formula is C15H16FNO2. The van der Waals surface area contributed by atoms with Gasteiger partial charge in [-0.1, -0.05) is 25.0 Å². The summed E-state index contributed by atoms with van der Waals surface area (Å²) in [4.78, 5) is 25.6. The highest BCUT2D eigenvalue weighted by atomic mass is 19.1. The average Bonchev–Trinajstić information content (AvgIpc) is 2.67. The Balaban J connectivity index is 1.80. The van der Waals surface area contributed by atoms with E-state index in [1.165, 1.54) is 4.90 Å². The van der Waals surface area contributed by atoms with E-state index in [2.05, 4.69) is 0 Å². The molecule has 4 heteroatoms. The topological polar surface area (TPSA) is 37.4 Å². The summed E-state index contributed by atoms with van der Waals surface area (Å²) in [6, 6.07) is 6.80. The first-order valence-electron chi connectivity index (χ1n) is 6.78. The van der Waals surface area contributed by atoms with E-state index in [0.717, 1.165) is 19.3 Å². The quantitative estimate of drug-likeness (QED) is 0.768. The van der Waals surface area contributed by atoms with Crippen molar-refractivity contribution in [3.63, 3.8) is 0 Å². The fourth-order valence-corrected chi connectivity index (χ4v) is 3.01. The number of nitrogens with zero attached hydrogens (tertiary/aromatic N) is 1. The first-order chi connectivity index (χ1) is 9.18. The summed E-state index contributed by atoms with van der Waals surface area (Å²) in [5.74, 6) is -0.757. The Morgan fingerprint density at radius 1 is 1.05 bits per heavy atom. The molecule has 1 fully saturated rings. The molecule has 1 aromatic carbocycles. The molecule has 0 N–H and O–H groups in total. The van der Waals surface area contributed by atoms with Gasteiger partial charge in [-0.15, -0.1) is 0 Å². The summed E-state index contributed by atoms with van der Waals surface area (Å²) in [7, 11) is 0. The van der Waals surface area contributed by atoms with Crippen LogP contribution in [0.15, 0.2) is 24.3 Å². The van der Waals surface area contributed by atoms with Gasteiger partial charge < -0.3 is 0 Å². The van der Waals surface area contributed by atoms with Crippen LogP contribution in [0.25, 0.3) is 0 Å². The minimum absolute atomic E-state index is 0.198. The Morgan fingerprint density at radius 2 is 1.63 bits per heavy atom. The van der Waals surface area contributed by atoms with Crippen LogP contribution in [0.2, 0.25) is 0 Å². The summed E-state index contributed by atoms with van der Waals surface area (Å²) in [5, 5.41) is 0. The number of carbonyl (C=O) groups is 2. The van der Waals surface area contributed by atoms with Crippen molar-refractivity contribution in [2.24, 2.45) is 5.92 Å². The average molecular weight is 261 g/mol. The predicted octanol–water partition coefficient (Wildman–Crippen LogP) is 2.81. The van der Waals surface area contributed by atoms with Crippen molar-refractivity contribution in [1.82, 2.24) is 4.90 Å². The number of amides is 2. The highest BCUT2D eigenvalue weighted by molar-refractivity contribution is 6.21. The summed E-state index contributed by atoms with van der Waals surface area (Å²) in [6.07, 6.45) is 2.30. The predicted molar refractivity (Wildman–Crippen MR) is 68.7 cm³/mol. The molecule has 2 amide bonds. The van der Waals surface area contributed by atoms with Gasteiger partial charge in [-0.25, -0.2) is 4.39 Å². The zero-order valence-electron chi connectivity index (χ0n) is 10.6. The zero-order valence-corrected chi connectivity index (χ0v) is 10.6. The number of rotatable bonds is 2. The molecule has 2 unspecified atom stereocenters. The third-order valence-corrected chi connectivity index (χ3v) is 4.11. The van der Waals surface area contributed by atoms with Gasteiger partial charge in [0.1, 0.15) is 6.17 Å². The molecular weight excluding hydrogens is 245 g/mol. The van der Waals surface area contributed by atoms with Gasteiger partial charge in [-0.3, -0.25) is 14.5 Å². The molecule has 100 valence electrons. The molecule has 3 rings (SSSR count). The number of hydrogen-bond donors (Lipinski definition) is 0. The second-order valence-electron chi connectivity index (χ2n) is 5.33. The number of carbonyl (C=O) groups excluding carboxylic acids is 2. The lowest BCUT2D eigenvalue weighted by atomic mass is 9.87. The standard InChI is InChI=1S/C15H16FNO2/c16-13-8-4-1-5-10(13)9-17-14(18)11-6-2-3-7-12(11)15(17)19/h2-3,6-7,10,13H,1,4-5,8-9H2. The van der Waals surface area contributed by atoms with E-state index < -0.39 is 6.17 Å². The molecule has 0 saturated heterocycles. The van der Waals surface area contributed by atoms with Crippen LogP contribution in [0.5, 0.6) is 0 Å². The lowest BCUT2D eigenvalue weighted by molar-refractivity contribution is 0.0564. The maximum absolute atomic E-state index is 13.8. The summed E-state index contributed by atoms with van der Waals surface area (Å²) < 4.78 is 13.8. The Morgan fingerprint density at radius 3 is 2.21 bits per heavy atom. The van der Waals surface area contributed by atoms with E-state index in [4.69, 9.17) is 0 Å². The fraction of sp³-hybridized carbons (Fsp3) is 0.467. The minimum Gasteiger partial charge on any atom is -0.274 e. The van der Waals surface area contributed by atoms with Gasteiger partial charge in [0, 0.05) is 12.5 Å². The van der Waals surface area contributed by atoms with Crippen molar-refractivity contribution in [2.45, 2.75) is 31.9 Å². The monoisotopic (exact) mass is 261 g/mol. The van der Waals surface area contributed by atoms with Crippen LogP contribution in [0.3, 0.4) is 0 Å². The fourth-order valence-electron chi connectivity index (χ4n) is 3.01. The molecule has 1 heterocycles. The van der Waals surface area contributed by atoms with Crippen molar-refractivity contribution >= 4 is 11.8 Å². The third-order valence-electron chi connectivity index (χ3n) is 4.11. The molecule has 0 radical (unpaired) electrons. The highest BCUT2D eigenvalue weighted by Gasteiger charge is 2.38. The van der Waals surface area contributed by atoms with Crippen LogP contribution in [0.1, 0.15) is 46.4 Å². The maximum atomic E-state index is 13.8.